The maximum Gasteiger partial charge on any atom is 0.326 e. The summed E-state index contributed by atoms with van der Waals surface area (Å²) in [6.07, 6.45) is 8.40. The molecule has 3 N–H and O–H groups in total. The van der Waals surface area contributed by atoms with Gasteiger partial charge in [0.1, 0.15) is 11.9 Å². The van der Waals surface area contributed by atoms with Crippen LogP contribution < -0.4 is 10.6 Å². The number of rotatable bonds is 11. The van der Waals surface area contributed by atoms with E-state index in [1.54, 1.807) is 29.9 Å². The normalized spacial score (nSPS) is 19.2. The van der Waals surface area contributed by atoms with Gasteiger partial charge in [0.25, 0.3) is 5.91 Å². The minimum atomic E-state index is -1.06. The Morgan fingerprint density at radius 1 is 1.24 bits per heavy atom. The fourth-order valence-corrected chi connectivity index (χ4v) is 5.55. The van der Waals surface area contributed by atoms with Crippen LogP contribution in [-0.2, 0) is 22.4 Å². The fraction of sp³-hybridized carbons (Fsp3) is 0.429. The summed E-state index contributed by atoms with van der Waals surface area (Å²) in [4.78, 5) is 34.3. The molecule has 0 spiro atoms. The predicted octanol–water partition coefficient (Wildman–Crippen LogP) is 4.56. The van der Waals surface area contributed by atoms with Gasteiger partial charge in [0.15, 0.2) is 0 Å². The van der Waals surface area contributed by atoms with Crippen molar-refractivity contribution in [1.82, 2.24) is 15.3 Å². The van der Waals surface area contributed by atoms with Crippen LogP contribution in [0.4, 0.5) is 5.82 Å². The van der Waals surface area contributed by atoms with Crippen molar-refractivity contribution in [3.63, 3.8) is 0 Å². The molecule has 1 amide bonds. The first kappa shape index (κ1) is 25.4. The second-order valence-electron chi connectivity index (χ2n) is 9.81. The predicted molar refractivity (Wildman–Crippen MR) is 143 cm³/mol. The van der Waals surface area contributed by atoms with Gasteiger partial charge in [0.2, 0.25) is 0 Å². The number of ether oxygens (including phenoxy) is 1. The van der Waals surface area contributed by atoms with E-state index in [0.717, 1.165) is 60.6 Å². The van der Waals surface area contributed by atoms with Crippen LogP contribution in [0.1, 0.15) is 53.7 Å². The number of nitrogens with zero attached hydrogens (tertiary/aromatic N) is 2. The first-order valence-electron chi connectivity index (χ1n) is 12.9. The molecule has 9 heteroatoms. The number of hydrogen-bond donors (Lipinski definition) is 3. The molecular weight excluding hydrogens is 488 g/mol. The highest BCUT2D eigenvalue weighted by Crippen LogP contribution is 2.34. The van der Waals surface area contributed by atoms with E-state index in [0.29, 0.717) is 18.1 Å². The Morgan fingerprint density at radius 3 is 2.95 bits per heavy atom. The van der Waals surface area contributed by atoms with Crippen LogP contribution in [0.15, 0.2) is 48.1 Å². The molecule has 3 aromatic rings. The van der Waals surface area contributed by atoms with E-state index in [-0.39, 0.29) is 12.5 Å². The molecule has 0 bridgehead atoms. The second kappa shape index (κ2) is 11.8. The maximum absolute atomic E-state index is 12.7. The van der Waals surface area contributed by atoms with Crippen molar-refractivity contribution < 1.29 is 19.4 Å². The number of carboxylic acid groups (broad SMARTS) is 1. The minimum absolute atomic E-state index is 0.157. The quantitative estimate of drug-likeness (QED) is 0.340. The molecule has 0 radical (unpaired) electrons. The molecule has 0 unspecified atom stereocenters. The van der Waals surface area contributed by atoms with E-state index in [9.17, 15) is 14.7 Å². The summed E-state index contributed by atoms with van der Waals surface area (Å²) in [6, 6.07) is 10.5. The maximum atomic E-state index is 12.7. The van der Waals surface area contributed by atoms with Crippen molar-refractivity contribution in [2.75, 3.05) is 18.5 Å². The van der Waals surface area contributed by atoms with Crippen LogP contribution in [0, 0.1) is 5.92 Å². The molecule has 37 heavy (non-hydrogen) atoms. The SMILES string of the molecule is O=C(N[C@@H](CCOC1CC(CCc2ccc3c(n2)NCCC3)C1)C(=O)O)c1cccc(-c2cncs2)c1. The number of nitrogens with one attached hydrogen (secondary N) is 2. The highest BCUT2D eigenvalue weighted by atomic mass is 32.1. The van der Waals surface area contributed by atoms with E-state index >= 15 is 0 Å². The number of aromatic nitrogens is 2. The molecule has 3 heterocycles. The Hall–Kier alpha value is -3.30. The van der Waals surface area contributed by atoms with Gasteiger partial charge in [-0.15, -0.1) is 11.3 Å². The highest BCUT2D eigenvalue weighted by molar-refractivity contribution is 7.13. The molecule has 2 aliphatic rings. The molecule has 0 saturated heterocycles. The van der Waals surface area contributed by atoms with Crippen LogP contribution in [0.25, 0.3) is 10.4 Å². The summed E-state index contributed by atoms with van der Waals surface area (Å²) in [6.45, 7) is 1.30. The average Bonchev–Trinajstić information content (AvgIpc) is 3.44. The zero-order chi connectivity index (χ0) is 25.6. The van der Waals surface area contributed by atoms with Gasteiger partial charge in [-0.25, -0.2) is 9.78 Å². The van der Waals surface area contributed by atoms with Gasteiger partial charge in [-0.2, -0.15) is 0 Å². The summed E-state index contributed by atoms with van der Waals surface area (Å²) >= 11 is 1.48. The lowest BCUT2D eigenvalue weighted by Crippen LogP contribution is -2.42. The van der Waals surface area contributed by atoms with E-state index < -0.39 is 17.9 Å². The third-order valence-electron chi connectivity index (χ3n) is 7.16. The van der Waals surface area contributed by atoms with Crippen molar-refractivity contribution in [3.8, 4) is 10.4 Å². The summed E-state index contributed by atoms with van der Waals surface area (Å²) in [5, 5.41) is 15.7. The summed E-state index contributed by atoms with van der Waals surface area (Å²) in [7, 11) is 0. The molecule has 1 aliphatic carbocycles. The molecule has 1 aliphatic heterocycles. The van der Waals surface area contributed by atoms with E-state index in [4.69, 9.17) is 9.72 Å². The number of pyridine rings is 1. The Bertz CT molecular complexity index is 1230. The van der Waals surface area contributed by atoms with Crippen molar-refractivity contribution in [2.45, 2.75) is 57.1 Å². The summed E-state index contributed by atoms with van der Waals surface area (Å²) < 4.78 is 5.92. The van der Waals surface area contributed by atoms with E-state index in [2.05, 4.69) is 27.8 Å². The van der Waals surface area contributed by atoms with Gasteiger partial charge >= 0.3 is 5.97 Å². The third kappa shape index (κ3) is 6.53. The lowest BCUT2D eigenvalue weighted by atomic mass is 9.79. The molecule has 1 fully saturated rings. The summed E-state index contributed by atoms with van der Waals surface area (Å²) in [5.41, 5.74) is 5.48. The molecule has 5 rings (SSSR count). The van der Waals surface area contributed by atoms with E-state index in [1.165, 1.54) is 23.3 Å². The Kier molecular flexibility index (Phi) is 8.11. The van der Waals surface area contributed by atoms with Crippen LogP contribution in [-0.4, -0.2) is 52.2 Å². The molecule has 1 atom stereocenters. The van der Waals surface area contributed by atoms with Gasteiger partial charge in [-0.1, -0.05) is 18.2 Å². The molecule has 2 aromatic heterocycles. The Labute approximate surface area is 220 Å². The minimum Gasteiger partial charge on any atom is -0.480 e. The number of amides is 1. The first-order valence-corrected chi connectivity index (χ1v) is 13.8. The molecule has 8 nitrogen and oxygen atoms in total. The molecular formula is C28H32N4O4S. The Balaban J connectivity index is 1.03. The van der Waals surface area contributed by atoms with Gasteiger partial charge in [0.05, 0.1) is 16.5 Å². The molecule has 194 valence electrons. The van der Waals surface area contributed by atoms with Gasteiger partial charge in [-0.05, 0) is 73.8 Å². The highest BCUT2D eigenvalue weighted by Gasteiger charge is 2.30. The first-order chi connectivity index (χ1) is 18.0. The number of carbonyl (C=O) groups excluding carboxylic acids is 1. The number of anilines is 1. The van der Waals surface area contributed by atoms with Gasteiger partial charge < -0.3 is 20.5 Å². The number of aryl methyl sites for hydroxylation is 2. The van der Waals surface area contributed by atoms with Crippen LogP contribution in [0.5, 0.6) is 0 Å². The number of aliphatic carboxylic acids is 1. The molecule has 1 aromatic carbocycles. The largest absolute Gasteiger partial charge is 0.480 e. The number of thiazole rings is 1. The fourth-order valence-electron chi connectivity index (χ4n) is 4.93. The lowest BCUT2D eigenvalue weighted by molar-refractivity contribution is -0.140. The monoisotopic (exact) mass is 520 g/mol. The molecule has 1 saturated carbocycles. The van der Waals surface area contributed by atoms with Gasteiger partial charge in [-0.3, -0.25) is 9.78 Å². The lowest BCUT2D eigenvalue weighted by Gasteiger charge is -2.35. The zero-order valence-corrected chi connectivity index (χ0v) is 21.5. The van der Waals surface area contributed by atoms with Crippen molar-refractivity contribution in [1.29, 1.82) is 0 Å². The Morgan fingerprint density at radius 2 is 2.14 bits per heavy atom. The average molecular weight is 521 g/mol. The summed E-state index contributed by atoms with van der Waals surface area (Å²) in [5.74, 6) is 0.185. The van der Waals surface area contributed by atoms with Crippen LogP contribution in [0.3, 0.4) is 0 Å². The standard InChI is InChI=1S/C28H32N4O4S/c33-27(21-4-1-3-20(15-21)25-16-29-17-37-25)32-24(28(34)35)10-12-36-23-13-18(14-23)6-8-22-9-7-19-5-2-11-30-26(19)31-22/h1,3-4,7,9,15-18,23-24H,2,5-6,8,10-14H2,(H,30,31)(H,32,33)(H,34,35)/t18?,23?,24-/m0/s1. The topological polar surface area (TPSA) is 113 Å². The smallest absolute Gasteiger partial charge is 0.326 e. The van der Waals surface area contributed by atoms with E-state index in [1.807, 2.05) is 6.07 Å². The zero-order valence-electron chi connectivity index (χ0n) is 20.7. The third-order valence-corrected chi connectivity index (χ3v) is 7.98. The van der Waals surface area contributed by atoms with Crippen LogP contribution >= 0.6 is 11.3 Å². The van der Waals surface area contributed by atoms with Crippen LogP contribution in [0.2, 0.25) is 0 Å². The van der Waals surface area contributed by atoms with Crippen molar-refractivity contribution >= 4 is 29.0 Å². The van der Waals surface area contributed by atoms with Crippen molar-refractivity contribution in [2.24, 2.45) is 5.92 Å². The number of fused-ring (bicyclic) bond motifs is 1. The number of carbonyl (C=O) groups is 2. The van der Waals surface area contributed by atoms with Gasteiger partial charge in [0, 0.05) is 37.0 Å². The number of hydrogen-bond acceptors (Lipinski definition) is 7. The second-order valence-corrected chi connectivity index (χ2v) is 10.7. The number of carboxylic acids is 1. The van der Waals surface area contributed by atoms with Crippen molar-refractivity contribution in [3.05, 3.63) is 64.9 Å². The number of benzene rings is 1.